The van der Waals surface area contributed by atoms with E-state index in [2.05, 4.69) is 15.2 Å². The normalized spacial score (nSPS) is 12.6. The van der Waals surface area contributed by atoms with Crippen LogP contribution in [0.5, 0.6) is 0 Å². The second kappa shape index (κ2) is 6.01. The summed E-state index contributed by atoms with van der Waals surface area (Å²) in [5.74, 6) is -0.303. The highest BCUT2D eigenvalue weighted by Crippen LogP contribution is 2.23. The Hall–Kier alpha value is -3.22. The minimum Gasteiger partial charge on any atom is -0.296 e. The van der Waals surface area contributed by atoms with Crippen LogP contribution in [0.25, 0.3) is 16.8 Å². The van der Waals surface area contributed by atoms with E-state index in [0.717, 1.165) is 11.1 Å². The molecule has 4 rings (SSSR count). The molecule has 25 heavy (non-hydrogen) atoms. The standard InChI is InChI=1S/C18H16FN5O/c1-12(23-8-2-7-20-23)9-15-10-17(25)24-18(22-15)16(11-21-24)13-3-5-14(19)6-4-13/h2-8,10-12,21H,9H2,1H3. The van der Waals surface area contributed by atoms with Crippen molar-refractivity contribution < 1.29 is 4.39 Å². The molecule has 126 valence electrons. The van der Waals surface area contributed by atoms with Crippen molar-refractivity contribution in [2.75, 3.05) is 0 Å². The highest BCUT2D eigenvalue weighted by molar-refractivity contribution is 5.76. The Labute approximate surface area is 142 Å². The van der Waals surface area contributed by atoms with Gasteiger partial charge in [-0.15, -0.1) is 0 Å². The van der Waals surface area contributed by atoms with E-state index in [1.54, 1.807) is 24.5 Å². The Bertz CT molecular complexity index is 1060. The summed E-state index contributed by atoms with van der Waals surface area (Å²) in [6, 6.07) is 9.59. The fraction of sp³-hybridized carbons (Fsp3) is 0.167. The number of rotatable bonds is 4. The first-order valence-corrected chi connectivity index (χ1v) is 7.97. The number of hydrogen-bond acceptors (Lipinski definition) is 3. The van der Waals surface area contributed by atoms with Gasteiger partial charge in [-0.2, -0.15) is 5.10 Å². The van der Waals surface area contributed by atoms with Crippen molar-refractivity contribution in [3.63, 3.8) is 0 Å². The van der Waals surface area contributed by atoms with Gasteiger partial charge in [-0.25, -0.2) is 13.9 Å². The first-order chi connectivity index (χ1) is 12.1. The number of benzene rings is 1. The van der Waals surface area contributed by atoms with E-state index in [0.29, 0.717) is 17.8 Å². The van der Waals surface area contributed by atoms with Crippen LogP contribution in [-0.4, -0.2) is 24.4 Å². The van der Waals surface area contributed by atoms with Crippen LogP contribution < -0.4 is 5.56 Å². The quantitative estimate of drug-likeness (QED) is 0.623. The van der Waals surface area contributed by atoms with Crippen molar-refractivity contribution in [3.05, 3.63) is 76.9 Å². The average Bonchev–Trinajstić information content (AvgIpc) is 3.25. The van der Waals surface area contributed by atoms with E-state index in [9.17, 15) is 9.18 Å². The third kappa shape index (κ3) is 2.84. The molecule has 0 radical (unpaired) electrons. The predicted molar refractivity (Wildman–Crippen MR) is 91.8 cm³/mol. The number of H-pyrrole nitrogens is 1. The minimum atomic E-state index is -0.303. The fourth-order valence-electron chi connectivity index (χ4n) is 2.91. The highest BCUT2D eigenvalue weighted by Gasteiger charge is 2.13. The summed E-state index contributed by atoms with van der Waals surface area (Å²) in [5.41, 5.74) is 2.59. The molecule has 0 aliphatic heterocycles. The molecule has 3 aromatic heterocycles. The van der Waals surface area contributed by atoms with Crippen LogP contribution in [0.1, 0.15) is 18.7 Å². The molecule has 0 saturated carbocycles. The number of hydrogen-bond donors (Lipinski definition) is 1. The molecule has 0 aliphatic carbocycles. The Morgan fingerprint density at radius 1 is 1.28 bits per heavy atom. The molecule has 6 nitrogen and oxygen atoms in total. The van der Waals surface area contributed by atoms with E-state index in [1.807, 2.05) is 23.9 Å². The monoisotopic (exact) mass is 337 g/mol. The second-order valence-electron chi connectivity index (χ2n) is 5.98. The van der Waals surface area contributed by atoms with Crippen LogP contribution in [0.15, 0.2) is 59.8 Å². The molecule has 0 amide bonds. The van der Waals surface area contributed by atoms with Crippen LogP contribution in [0.3, 0.4) is 0 Å². The topological polar surface area (TPSA) is 68.0 Å². The number of aromatic nitrogens is 5. The number of nitrogens with zero attached hydrogens (tertiary/aromatic N) is 4. The molecule has 0 saturated heterocycles. The molecule has 0 aliphatic rings. The van der Waals surface area contributed by atoms with Crippen LogP contribution in [0.4, 0.5) is 4.39 Å². The average molecular weight is 337 g/mol. The number of fused-ring (bicyclic) bond motifs is 1. The molecular formula is C18H16FN5O. The van der Waals surface area contributed by atoms with Crippen molar-refractivity contribution >= 4 is 5.65 Å². The number of aromatic amines is 1. The summed E-state index contributed by atoms with van der Waals surface area (Å²) < 4.78 is 16.4. The van der Waals surface area contributed by atoms with Gasteiger partial charge in [-0.3, -0.25) is 14.6 Å². The number of nitrogens with one attached hydrogen (secondary N) is 1. The van der Waals surface area contributed by atoms with Crippen LogP contribution >= 0.6 is 0 Å². The molecule has 1 N–H and O–H groups in total. The van der Waals surface area contributed by atoms with Crippen molar-refractivity contribution in [1.82, 2.24) is 24.4 Å². The fourth-order valence-corrected chi connectivity index (χ4v) is 2.91. The van der Waals surface area contributed by atoms with E-state index in [-0.39, 0.29) is 17.4 Å². The third-order valence-corrected chi connectivity index (χ3v) is 4.19. The van der Waals surface area contributed by atoms with E-state index in [4.69, 9.17) is 0 Å². The molecule has 1 unspecified atom stereocenters. The largest absolute Gasteiger partial charge is 0.296 e. The van der Waals surface area contributed by atoms with Gasteiger partial charge in [0.25, 0.3) is 5.56 Å². The maximum Gasteiger partial charge on any atom is 0.272 e. The third-order valence-electron chi connectivity index (χ3n) is 4.19. The van der Waals surface area contributed by atoms with Gasteiger partial charge in [0.1, 0.15) is 5.82 Å². The summed E-state index contributed by atoms with van der Waals surface area (Å²) in [6.07, 6.45) is 5.90. The van der Waals surface area contributed by atoms with Crippen LogP contribution in [0, 0.1) is 5.82 Å². The maximum absolute atomic E-state index is 13.2. The SMILES string of the molecule is CC(Cc1cc(=O)n2[nH]cc(-c3ccc(F)cc3)c2n1)n1cccn1. The van der Waals surface area contributed by atoms with Gasteiger partial charge < -0.3 is 0 Å². The van der Waals surface area contributed by atoms with Crippen molar-refractivity contribution in [1.29, 1.82) is 0 Å². The lowest BCUT2D eigenvalue weighted by Crippen LogP contribution is -2.17. The lowest BCUT2D eigenvalue weighted by Gasteiger charge is -2.11. The molecule has 1 aromatic carbocycles. The zero-order valence-corrected chi connectivity index (χ0v) is 13.6. The zero-order chi connectivity index (χ0) is 17.4. The lowest BCUT2D eigenvalue weighted by molar-refractivity contribution is 0.484. The van der Waals surface area contributed by atoms with E-state index >= 15 is 0 Å². The summed E-state index contributed by atoms with van der Waals surface area (Å²) in [4.78, 5) is 17.0. The molecule has 1 atom stereocenters. The van der Waals surface area contributed by atoms with E-state index in [1.165, 1.54) is 22.7 Å². The lowest BCUT2D eigenvalue weighted by atomic mass is 10.1. The molecule has 0 fully saturated rings. The summed E-state index contributed by atoms with van der Waals surface area (Å²) in [5, 5.41) is 7.13. The maximum atomic E-state index is 13.2. The number of halogens is 1. The Balaban J connectivity index is 1.76. The second-order valence-corrected chi connectivity index (χ2v) is 5.98. The Morgan fingerprint density at radius 3 is 2.80 bits per heavy atom. The molecular weight excluding hydrogens is 321 g/mol. The van der Waals surface area contributed by atoms with Crippen molar-refractivity contribution in [3.8, 4) is 11.1 Å². The van der Waals surface area contributed by atoms with Gasteiger partial charge in [0.2, 0.25) is 0 Å². The van der Waals surface area contributed by atoms with Gasteiger partial charge in [-0.05, 0) is 30.7 Å². The predicted octanol–water partition coefficient (Wildman–Crippen LogP) is 2.83. The van der Waals surface area contributed by atoms with Crippen molar-refractivity contribution in [2.45, 2.75) is 19.4 Å². The molecule has 4 aromatic rings. The van der Waals surface area contributed by atoms with Gasteiger partial charge in [0, 0.05) is 36.6 Å². The van der Waals surface area contributed by atoms with Crippen LogP contribution in [0.2, 0.25) is 0 Å². The summed E-state index contributed by atoms with van der Waals surface area (Å²) in [6.45, 7) is 2.02. The smallest absolute Gasteiger partial charge is 0.272 e. The molecule has 0 bridgehead atoms. The van der Waals surface area contributed by atoms with E-state index < -0.39 is 0 Å². The minimum absolute atomic E-state index is 0.0811. The molecule has 7 heteroatoms. The first-order valence-electron chi connectivity index (χ1n) is 7.97. The van der Waals surface area contributed by atoms with Gasteiger partial charge in [-0.1, -0.05) is 12.1 Å². The summed E-state index contributed by atoms with van der Waals surface area (Å²) >= 11 is 0. The van der Waals surface area contributed by atoms with Gasteiger partial charge in [0.15, 0.2) is 5.65 Å². The molecule has 0 spiro atoms. The highest BCUT2D eigenvalue weighted by atomic mass is 19.1. The molecule has 3 heterocycles. The first kappa shape index (κ1) is 15.3. The Morgan fingerprint density at radius 2 is 2.08 bits per heavy atom. The van der Waals surface area contributed by atoms with Gasteiger partial charge in [0.05, 0.1) is 11.7 Å². The Kier molecular flexibility index (Phi) is 3.68. The zero-order valence-electron chi connectivity index (χ0n) is 13.6. The van der Waals surface area contributed by atoms with Crippen molar-refractivity contribution in [2.24, 2.45) is 0 Å². The van der Waals surface area contributed by atoms with Gasteiger partial charge >= 0.3 is 0 Å². The summed E-state index contributed by atoms with van der Waals surface area (Å²) in [7, 11) is 0. The van der Waals surface area contributed by atoms with Crippen LogP contribution in [-0.2, 0) is 6.42 Å².